The molecule has 1 spiro atoms. The second kappa shape index (κ2) is 22.2. The second-order valence-electron chi connectivity index (χ2n) is 23.4. The molecule has 13 aromatic rings. The van der Waals surface area contributed by atoms with E-state index >= 15 is 0 Å². The number of fused-ring (bicyclic) bond motifs is 16. The van der Waals surface area contributed by atoms with Gasteiger partial charge in [0.1, 0.15) is 0 Å². The maximum absolute atomic E-state index is 5.85. The van der Waals surface area contributed by atoms with E-state index in [1.807, 2.05) is 14.1 Å². The summed E-state index contributed by atoms with van der Waals surface area (Å²) < 4.78 is 7.35. The van der Waals surface area contributed by atoms with Crippen molar-refractivity contribution in [3.63, 3.8) is 0 Å². The van der Waals surface area contributed by atoms with Gasteiger partial charge >= 0.3 is 0 Å². The molecule has 6 nitrogen and oxygen atoms in total. The second-order valence-corrected chi connectivity index (χ2v) is 23.4. The van der Waals surface area contributed by atoms with E-state index in [1.54, 1.807) is 0 Å². The number of nitrogens with one attached hydrogen (secondary N) is 1. The standard InChI is InChI=1S/C80H59N5.C2H7N/c1-4-55-22-8-14-33-73(55)82-54(3)45-62(83-74-34-15-9-28-65(74)66-29-10-16-35-75(66)83)44-53(2)71-49-59(58-26-20-25-57(46-58)56-23-6-5-7-24-56)50-72(81-71)60-47-63(84-76-36-17-11-30-67(76)68-31-12-18-37-77(68)84)51-64(48-60)85-78-38-19-13-32-69(78)70-39-42-80(43-40-79(70)85)41-21-27-61(82)52-80;1-3-2/h5-51H,3-4,52H2,1-2H3;3H,1-2H3/b53-44+,62-45+;. The number of para-hydroxylation sites is 6. The van der Waals surface area contributed by atoms with Gasteiger partial charge in [-0.1, -0.05) is 202 Å². The van der Waals surface area contributed by atoms with Crippen LogP contribution < -0.4 is 10.2 Å². The first-order valence-electron chi connectivity index (χ1n) is 30.6. The van der Waals surface area contributed by atoms with Crippen LogP contribution in [0.4, 0.5) is 5.69 Å². The number of anilines is 1. The van der Waals surface area contributed by atoms with Crippen molar-refractivity contribution < 1.29 is 0 Å². The Bertz CT molecular complexity index is 5040. The van der Waals surface area contributed by atoms with Crippen LogP contribution in [-0.2, 0) is 6.42 Å². The van der Waals surface area contributed by atoms with Crippen molar-refractivity contribution in [2.24, 2.45) is 5.41 Å². The molecule has 0 saturated carbocycles. The van der Waals surface area contributed by atoms with Crippen LogP contribution in [0.3, 0.4) is 0 Å². The Kier molecular flexibility index (Phi) is 13.6. The predicted octanol–water partition coefficient (Wildman–Crippen LogP) is 20.5. The summed E-state index contributed by atoms with van der Waals surface area (Å²) in [4.78, 5) is 8.27. The Hall–Kier alpha value is -10.8. The van der Waals surface area contributed by atoms with Gasteiger partial charge in [-0.15, -0.1) is 0 Å². The maximum Gasteiger partial charge on any atom is 0.0717 e. The van der Waals surface area contributed by atoms with E-state index in [9.17, 15) is 0 Å². The number of hydrogen-bond acceptors (Lipinski definition) is 3. The van der Waals surface area contributed by atoms with Crippen LogP contribution in [0, 0.1) is 5.41 Å². The molecule has 7 bridgehead atoms. The Balaban J connectivity index is 0.00000213. The topological polar surface area (TPSA) is 43.0 Å². The fraction of sp³-hybridized carbons (Fsp3) is 0.0854. The monoisotopic (exact) mass is 1130 g/mol. The number of benzene rings is 9. The van der Waals surface area contributed by atoms with Gasteiger partial charge in [-0.05, 0) is 158 Å². The summed E-state index contributed by atoms with van der Waals surface area (Å²) in [5.41, 5.74) is 23.2. The van der Waals surface area contributed by atoms with Crippen molar-refractivity contribution in [1.82, 2.24) is 24.0 Å². The van der Waals surface area contributed by atoms with Gasteiger partial charge in [0.15, 0.2) is 0 Å². The molecule has 0 fully saturated rings. The number of allylic oxidation sites excluding steroid dienone is 10. The first-order valence-corrected chi connectivity index (χ1v) is 30.6. The van der Waals surface area contributed by atoms with Gasteiger partial charge < -0.3 is 23.9 Å². The third-order valence-corrected chi connectivity index (χ3v) is 17.8. The third kappa shape index (κ3) is 9.28. The highest BCUT2D eigenvalue weighted by molar-refractivity contribution is 6.11. The fourth-order valence-electron chi connectivity index (χ4n) is 13.8. The highest BCUT2D eigenvalue weighted by Crippen LogP contribution is 2.46. The Morgan fingerprint density at radius 1 is 0.477 bits per heavy atom. The minimum absolute atomic E-state index is 0.458. The zero-order valence-corrected chi connectivity index (χ0v) is 50.0. The average Bonchev–Trinajstić information content (AvgIpc) is 1.68. The van der Waals surface area contributed by atoms with Crippen LogP contribution >= 0.6 is 0 Å². The van der Waals surface area contributed by atoms with Gasteiger partial charge in [0.05, 0.1) is 44.7 Å². The first kappa shape index (κ1) is 53.9. The molecule has 88 heavy (non-hydrogen) atoms. The zero-order valence-electron chi connectivity index (χ0n) is 50.0. The Morgan fingerprint density at radius 3 is 1.65 bits per heavy atom. The highest BCUT2D eigenvalue weighted by atomic mass is 15.2. The fourth-order valence-corrected chi connectivity index (χ4v) is 13.8. The van der Waals surface area contributed by atoms with Gasteiger partial charge in [0.2, 0.25) is 0 Å². The largest absolute Gasteiger partial charge is 0.323 e. The van der Waals surface area contributed by atoms with E-state index in [0.29, 0.717) is 6.42 Å². The highest BCUT2D eigenvalue weighted by Gasteiger charge is 2.32. The molecular formula is C82H66N6. The van der Waals surface area contributed by atoms with E-state index < -0.39 is 5.41 Å². The Labute approximate surface area is 514 Å². The van der Waals surface area contributed by atoms with Crippen molar-refractivity contribution >= 4 is 83.6 Å². The van der Waals surface area contributed by atoms with Crippen molar-refractivity contribution in [1.29, 1.82) is 0 Å². The molecule has 0 radical (unpaired) electrons. The molecule has 2 aliphatic carbocycles. The quantitative estimate of drug-likeness (QED) is 0.180. The molecule has 6 heteroatoms. The number of aromatic nitrogens is 4. The lowest BCUT2D eigenvalue weighted by atomic mass is 9.79. The van der Waals surface area contributed by atoms with Gasteiger partial charge in [-0.2, -0.15) is 0 Å². The lowest BCUT2D eigenvalue weighted by Crippen LogP contribution is -2.27. The molecular weight excluding hydrogens is 1070 g/mol. The van der Waals surface area contributed by atoms with Crippen LogP contribution in [0.2, 0.25) is 0 Å². The Morgan fingerprint density at radius 2 is 1.00 bits per heavy atom. The third-order valence-electron chi connectivity index (χ3n) is 17.8. The normalized spacial score (nSPS) is 16.6. The molecule has 5 heterocycles. The van der Waals surface area contributed by atoms with E-state index in [2.05, 4.69) is 323 Å². The lowest BCUT2D eigenvalue weighted by Gasteiger charge is -2.36. The molecule has 1 aliphatic heterocycles. The molecule has 3 aliphatic rings. The van der Waals surface area contributed by atoms with Crippen molar-refractivity contribution in [2.75, 3.05) is 19.0 Å². The zero-order chi connectivity index (χ0) is 59.5. The average molecular weight is 1140 g/mol. The molecule has 424 valence electrons. The summed E-state index contributed by atoms with van der Waals surface area (Å²) in [6.45, 7) is 9.55. The van der Waals surface area contributed by atoms with Gasteiger partial charge in [0, 0.05) is 84.0 Å². The summed E-state index contributed by atoms with van der Waals surface area (Å²) in [5, 5.41) is 8.74. The summed E-state index contributed by atoms with van der Waals surface area (Å²) in [7, 11) is 3.75. The molecule has 1 unspecified atom stereocenters. The van der Waals surface area contributed by atoms with Crippen LogP contribution in [0.25, 0.3) is 123 Å². The predicted molar refractivity (Wildman–Crippen MR) is 374 cm³/mol. The number of rotatable bonds is 6. The molecule has 1 atom stereocenters. The number of aryl methyl sites for hydroxylation is 1. The molecule has 16 rings (SSSR count). The molecule has 1 N–H and O–H groups in total. The van der Waals surface area contributed by atoms with Gasteiger partial charge in [-0.25, -0.2) is 4.98 Å². The van der Waals surface area contributed by atoms with E-state index in [0.717, 1.165) is 113 Å². The van der Waals surface area contributed by atoms with Crippen molar-refractivity contribution in [3.8, 4) is 44.9 Å². The minimum Gasteiger partial charge on any atom is -0.323 e. The molecule has 0 amide bonds. The molecule has 0 saturated heterocycles. The van der Waals surface area contributed by atoms with Crippen LogP contribution in [0.15, 0.2) is 291 Å². The number of nitrogens with zero attached hydrogens (tertiary/aromatic N) is 5. The minimum atomic E-state index is -0.458. The summed E-state index contributed by atoms with van der Waals surface area (Å²) in [5.74, 6) is 0. The van der Waals surface area contributed by atoms with Crippen LogP contribution in [-0.4, -0.2) is 32.8 Å². The SMILES string of the molecule is C=C1/C=C(n2c3ccccc3c3ccccc32)\C=C(/C)c2cc(-c3cccc(-c4ccccc4)c3)cc(n2)-c2cc(cc(-n3c4ccccc4c4ccccc43)c2)-n2c3c(c4ccccc42)C=CC2(C=CC=C(C2)N1c1ccccc1CC)C=C3.CNC. The van der Waals surface area contributed by atoms with E-state index in [1.165, 1.54) is 43.6 Å². The van der Waals surface area contributed by atoms with E-state index in [4.69, 9.17) is 11.6 Å². The lowest BCUT2D eigenvalue weighted by molar-refractivity contribution is 0.608. The molecule has 9 aromatic carbocycles. The summed E-state index contributed by atoms with van der Waals surface area (Å²) >= 11 is 0. The maximum atomic E-state index is 5.85. The smallest absolute Gasteiger partial charge is 0.0717 e. The summed E-state index contributed by atoms with van der Waals surface area (Å²) in [6, 6.07) is 84.2. The first-order chi connectivity index (χ1) is 43.3. The van der Waals surface area contributed by atoms with E-state index in [-0.39, 0.29) is 0 Å². The summed E-state index contributed by atoms with van der Waals surface area (Å²) in [6.07, 6.45) is 22.7. The van der Waals surface area contributed by atoms with Crippen LogP contribution in [0.1, 0.15) is 42.8 Å². The van der Waals surface area contributed by atoms with Gasteiger partial charge in [-0.3, -0.25) is 0 Å². The molecule has 4 aromatic heterocycles. The number of hydrogen-bond donors (Lipinski definition) is 1. The van der Waals surface area contributed by atoms with Crippen molar-refractivity contribution in [2.45, 2.75) is 26.7 Å². The van der Waals surface area contributed by atoms with Gasteiger partial charge in [0.25, 0.3) is 0 Å². The number of pyridine rings is 1. The van der Waals surface area contributed by atoms with Crippen LogP contribution in [0.5, 0.6) is 0 Å². The van der Waals surface area contributed by atoms with Crippen molar-refractivity contribution in [3.05, 3.63) is 314 Å².